The van der Waals surface area contributed by atoms with Gasteiger partial charge in [0.05, 0.1) is 28.6 Å². The Morgan fingerprint density at radius 1 is 1.11 bits per heavy atom. The highest BCUT2D eigenvalue weighted by Crippen LogP contribution is 2.34. The van der Waals surface area contributed by atoms with E-state index in [-0.39, 0.29) is 11.7 Å². The van der Waals surface area contributed by atoms with Crippen LogP contribution in [-0.2, 0) is 11.3 Å². The summed E-state index contributed by atoms with van der Waals surface area (Å²) in [7, 11) is 1.60. The quantitative estimate of drug-likeness (QED) is 0.211. The number of fused-ring (bicyclic) bond motifs is 1. The zero-order valence-corrected chi connectivity index (χ0v) is 22.9. The monoisotopic (exact) mass is 549 g/mol. The van der Waals surface area contributed by atoms with Gasteiger partial charge in [-0.25, -0.2) is 4.98 Å². The van der Waals surface area contributed by atoms with E-state index in [9.17, 15) is 4.79 Å². The van der Waals surface area contributed by atoms with Crippen LogP contribution in [0.5, 0.6) is 5.75 Å². The molecule has 5 rings (SSSR count). The summed E-state index contributed by atoms with van der Waals surface area (Å²) < 4.78 is 8.58. The lowest BCUT2D eigenvalue weighted by Gasteiger charge is -2.11. The second-order valence-corrected chi connectivity index (χ2v) is 10.7. The van der Waals surface area contributed by atoms with E-state index < -0.39 is 0 Å². The maximum absolute atomic E-state index is 12.7. The number of halogens is 1. The standard InChI is InChI=1S/C27H24ClN5O2S2/c1-4-33-25(20-14-18(28)8-12-22(20)35-3)31-32-27(33)36-15-24(34)29-19-9-6-17(7-10-19)26-30-21-11-5-16(2)13-23(21)37-26/h5-14H,4,15H2,1-3H3,(H,29,34). The van der Waals surface area contributed by atoms with Crippen molar-refractivity contribution < 1.29 is 9.53 Å². The Hall–Kier alpha value is -3.40. The summed E-state index contributed by atoms with van der Waals surface area (Å²) in [4.78, 5) is 17.4. The van der Waals surface area contributed by atoms with E-state index in [0.717, 1.165) is 27.3 Å². The summed E-state index contributed by atoms with van der Waals surface area (Å²) in [5, 5.41) is 13.8. The van der Waals surface area contributed by atoms with E-state index in [0.29, 0.717) is 28.3 Å². The Kier molecular flexibility index (Phi) is 7.45. The summed E-state index contributed by atoms with van der Waals surface area (Å²) in [6, 6.07) is 19.4. The molecular formula is C27H24ClN5O2S2. The van der Waals surface area contributed by atoms with Gasteiger partial charge in [-0.05, 0) is 74.0 Å². The zero-order valence-electron chi connectivity index (χ0n) is 20.5. The normalized spacial score (nSPS) is 11.1. The van der Waals surface area contributed by atoms with E-state index in [4.69, 9.17) is 21.3 Å². The number of nitrogens with one attached hydrogen (secondary N) is 1. The van der Waals surface area contributed by atoms with Crippen LogP contribution in [-0.4, -0.2) is 38.5 Å². The number of aryl methyl sites for hydroxylation is 1. The molecule has 0 radical (unpaired) electrons. The Bertz CT molecular complexity index is 1580. The summed E-state index contributed by atoms with van der Waals surface area (Å²) in [5.41, 5.74) is 4.72. The molecule has 0 aliphatic carbocycles. The van der Waals surface area contributed by atoms with Crippen molar-refractivity contribution in [3.05, 3.63) is 71.2 Å². The SMILES string of the molecule is CCn1c(SCC(=O)Nc2ccc(-c3nc4ccc(C)cc4s3)cc2)nnc1-c1cc(Cl)ccc1OC. The number of methoxy groups -OCH3 is 1. The molecule has 188 valence electrons. The molecule has 37 heavy (non-hydrogen) atoms. The summed E-state index contributed by atoms with van der Waals surface area (Å²) >= 11 is 9.20. The van der Waals surface area contributed by atoms with Crippen LogP contribution in [0, 0.1) is 6.92 Å². The molecule has 0 saturated carbocycles. The minimum atomic E-state index is -0.124. The molecule has 1 N–H and O–H groups in total. The fraction of sp³-hybridized carbons (Fsp3) is 0.185. The van der Waals surface area contributed by atoms with Crippen LogP contribution in [0.3, 0.4) is 0 Å². The van der Waals surface area contributed by atoms with Gasteiger partial charge in [0.15, 0.2) is 11.0 Å². The van der Waals surface area contributed by atoms with Gasteiger partial charge in [0, 0.05) is 22.8 Å². The maximum atomic E-state index is 12.7. The number of nitrogens with zero attached hydrogens (tertiary/aromatic N) is 4. The van der Waals surface area contributed by atoms with Crippen molar-refractivity contribution >= 4 is 56.5 Å². The molecule has 0 fully saturated rings. The number of aromatic nitrogens is 4. The van der Waals surface area contributed by atoms with Crippen molar-refractivity contribution in [2.75, 3.05) is 18.2 Å². The van der Waals surface area contributed by atoms with Crippen LogP contribution in [0.2, 0.25) is 5.02 Å². The number of carbonyl (C=O) groups excluding carboxylic acids is 1. The van der Waals surface area contributed by atoms with Gasteiger partial charge in [-0.3, -0.25) is 4.79 Å². The third-order valence-corrected chi connectivity index (χ3v) is 8.00. The third kappa shape index (κ3) is 5.49. The first-order valence-corrected chi connectivity index (χ1v) is 13.8. The Labute approximate surface area is 227 Å². The number of hydrogen-bond donors (Lipinski definition) is 1. The highest BCUT2D eigenvalue weighted by molar-refractivity contribution is 7.99. The molecule has 3 aromatic carbocycles. The molecule has 10 heteroatoms. The van der Waals surface area contributed by atoms with Crippen molar-refractivity contribution in [1.29, 1.82) is 0 Å². The van der Waals surface area contributed by atoms with E-state index >= 15 is 0 Å². The minimum Gasteiger partial charge on any atom is -0.496 e. The van der Waals surface area contributed by atoms with Gasteiger partial charge in [0.25, 0.3) is 0 Å². The molecule has 1 amide bonds. The lowest BCUT2D eigenvalue weighted by atomic mass is 10.2. The Morgan fingerprint density at radius 3 is 2.68 bits per heavy atom. The number of amides is 1. The van der Waals surface area contributed by atoms with Crippen LogP contribution in [0.1, 0.15) is 12.5 Å². The Balaban J connectivity index is 1.25. The molecule has 0 spiro atoms. The number of anilines is 1. The average molecular weight is 550 g/mol. The molecule has 0 aliphatic heterocycles. The molecule has 0 unspecified atom stereocenters. The molecule has 2 aromatic heterocycles. The van der Waals surface area contributed by atoms with Crippen molar-refractivity contribution in [2.24, 2.45) is 0 Å². The van der Waals surface area contributed by atoms with Crippen LogP contribution in [0.15, 0.2) is 65.8 Å². The molecule has 2 heterocycles. The highest BCUT2D eigenvalue weighted by Gasteiger charge is 2.18. The number of thiazole rings is 1. The summed E-state index contributed by atoms with van der Waals surface area (Å²) in [6.07, 6.45) is 0. The number of carbonyl (C=O) groups is 1. The van der Waals surface area contributed by atoms with Gasteiger partial charge >= 0.3 is 0 Å². The number of rotatable bonds is 8. The lowest BCUT2D eigenvalue weighted by molar-refractivity contribution is -0.113. The van der Waals surface area contributed by atoms with Gasteiger partial charge in [-0.1, -0.05) is 29.4 Å². The molecule has 7 nitrogen and oxygen atoms in total. The molecule has 0 bridgehead atoms. The smallest absolute Gasteiger partial charge is 0.234 e. The second-order valence-electron chi connectivity index (χ2n) is 8.30. The molecule has 0 saturated heterocycles. The van der Waals surface area contributed by atoms with Gasteiger partial charge in [0.1, 0.15) is 10.8 Å². The predicted molar refractivity (Wildman–Crippen MR) is 152 cm³/mol. The number of benzene rings is 3. The van der Waals surface area contributed by atoms with E-state index in [1.807, 2.05) is 41.8 Å². The average Bonchev–Trinajstić information content (AvgIpc) is 3.51. The van der Waals surface area contributed by atoms with Gasteiger partial charge in [0.2, 0.25) is 5.91 Å². The first-order chi connectivity index (χ1) is 17.9. The molecular weight excluding hydrogens is 526 g/mol. The molecule has 5 aromatic rings. The van der Waals surface area contributed by atoms with Crippen LogP contribution >= 0.6 is 34.7 Å². The summed E-state index contributed by atoms with van der Waals surface area (Å²) in [5.74, 6) is 1.38. The van der Waals surface area contributed by atoms with Gasteiger partial charge in [-0.2, -0.15) is 0 Å². The molecule has 0 aliphatic rings. The fourth-order valence-electron chi connectivity index (χ4n) is 3.91. The summed E-state index contributed by atoms with van der Waals surface area (Å²) in [6.45, 7) is 4.72. The topological polar surface area (TPSA) is 81.9 Å². The van der Waals surface area contributed by atoms with Crippen molar-refractivity contribution in [2.45, 2.75) is 25.5 Å². The van der Waals surface area contributed by atoms with E-state index in [1.54, 1.807) is 36.6 Å². The van der Waals surface area contributed by atoms with Crippen LogP contribution in [0.25, 0.3) is 32.2 Å². The predicted octanol–water partition coefficient (Wildman–Crippen LogP) is 6.94. The van der Waals surface area contributed by atoms with Crippen molar-refractivity contribution in [1.82, 2.24) is 19.7 Å². The molecule has 0 atom stereocenters. The Morgan fingerprint density at radius 2 is 1.92 bits per heavy atom. The highest BCUT2D eigenvalue weighted by atomic mass is 35.5. The van der Waals surface area contributed by atoms with Crippen LogP contribution < -0.4 is 10.1 Å². The lowest BCUT2D eigenvalue weighted by Crippen LogP contribution is -2.14. The number of thioether (sulfide) groups is 1. The first-order valence-electron chi connectivity index (χ1n) is 11.6. The van der Waals surface area contributed by atoms with Gasteiger partial charge in [-0.15, -0.1) is 21.5 Å². The fourth-order valence-corrected chi connectivity index (χ4v) is 5.96. The van der Waals surface area contributed by atoms with E-state index in [2.05, 4.69) is 34.6 Å². The second kappa shape index (κ2) is 10.9. The van der Waals surface area contributed by atoms with Crippen molar-refractivity contribution in [3.8, 4) is 27.7 Å². The number of ether oxygens (including phenoxy) is 1. The largest absolute Gasteiger partial charge is 0.496 e. The van der Waals surface area contributed by atoms with Crippen LogP contribution in [0.4, 0.5) is 5.69 Å². The maximum Gasteiger partial charge on any atom is 0.234 e. The number of hydrogen-bond acceptors (Lipinski definition) is 7. The van der Waals surface area contributed by atoms with Gasteiger partial charge < -0.3 is 14.6 Å². The minimum absolute atomic E-state index is 0.124. The van der Waals surface area contributed by atoms with Crippen molar-refractivity contribution in [3.63, 3.8) is 0 Å². The zero-order chi connectivity index (χ0) is 25.9. The van der Waals surface area contributed by atoms with E-state index in [1.165, 1.54) is 22.0 Å². The first kappa shape index (κ1) is 25.3. The third-order valence-electron chi connectivity index (χ3n) is 5.73.